The Bertz CT molecular complexity index is 1380. The largest absolute Gasteiger partial charge is 0.391 e. The molecule has 0 atom stereocenters. The van der Waals surface area contributed by atoms with Gasteiger partial charge in [-0.25, -0.2) is 14.6 Å². The van der Waals surface area contributed by atoms with Crippen LogP contribution in [0.25, 0.3) is 22.2 Å². The van der Waals surface area contributed by atoms with E-state index >= 15 is 0 Å². The molecule has 31 heavy (non-hydrogen) atoms. The van der Waals surface area contributed by atoms with Gasteiger partial charge in [-0.15, -0.1) is 5.10 Å². The average molecular weight is 409 g/mol. The van der Waals surface area contributed by atoms with Crippen molar-refractivity contribution in [2.45, 2.75) is 20.1 Å². The third kappa shape index (κ3) is 4.09. The van der Waals surface area contributed by atoms with Crippen LogP contribution in [0.2, 0.25) is 0 Å². The zero-order valence-corrected chi connectivity index (χ0v) is 16.9. The number of oxime groups is 1. The summed E-state index contributed by atoms with van der Waals surface area (Å²) in [5.41, 5.74) is 5.43. The van der Waals surface area contributed by atoms with Crippen LogP contribution in [-0.4, -0.2) is 35.7 Å². The normalized spacial score (nSPS) is 11.8. The van der Waals surface area contributed by atoms with E-state index in [1.165, 1.54) is 0 Å². The van der Waals surface area contributed by atoms with Gasteiger partial charge < -0.3 is 4.84 Å². The molecule has 2 aromatic carbocycles. The molecule has 0 aliphatic rings. The number of rotatable bonds is 6. The summed E-state index contributed by atoms with van der Waals surface area (Å²) < 4.78 is 1.74. The molecule has 0 N–H and O–H groups in total. The lowest BCUT2D eigenvalue weighted by Crippen LogP contribution is -2.06. The summed E-state index contributed by atoms with van der Waals surface area (Å²) in [6.07, 6.45) is 3.42. The third-order valence-electron chi connectivity index (χ3n) is 4.87. The Balaban J connectivity index is 1.37. The van der Waals surface area contributed by atoms with Gasteiger partial charge in [-0.05, 0) is 36.2 Å². The summed E-state index contributed by atoms with van der Waals surface area (Å²) in [6, 6.07) is 20.0. The summed E-state index contributed by atoms with van der Waals surface area (Å²) in [4.78, 5) is 18.9. The van der Waals surface area contributed by atoms with Crippen molar-refractivity contribution in [1.29, 1.82) is 0 Å². The van der Waals surface area contributed by atoms with Crippen molar-refractivity contribution >= 4 is 27.9 Å². The first-order valence-corrected chi connectivity index (χ1v) is 9.87. The van der Waals surface area contributed by atoms with Gasteiger partial charge in [0.25, 0.3) is 0 Å². The van der Waals surface area contributed by atoms with E-state index in [0.29, 0.717) is 35.9 Å². The van der Waals surface area contributed by atoms with E-state index in [4.69, 9.17) is 4.84 Å². The number of benzene rings is 2. The molecule has 3 heterocycles. The number of hydrogen-bond acceptors (Lipinski definition) is 7. The smallest absolute Gasteiger partial charge is 0.221 e. The van der Waals surface area contributed by atoms with Crippen molar-refractivity contribution in [2.24, 2.45) is 5.16 Å². The highest BCUT2D eigenvalue weighted by Crippen LogP contribution is 2.16. The van der Waals surface area contributed by atoms with Crippen molar-refractivity contribution in [1.82, 2.24) is 29.9 Å². The summed E-state index contributed by atoms with van der Waals surface area (Å²) in [5, 5.41) is 13.6. The second-order valence-electron chi connectivity index (χ2n) is 7.12. The van der Waals surface area contributed by atoms with Gasteiger partial charge in [0, 0.05) is 11.6 Å². The zero-order valence-electron chi connectivity index (χ0n) is 16.9. The molecule has 5 rings (SSSR count). The second-order valence-corrected chi connectivity index (χ2v) is 7.12. The van der Waals surface area contributed by atoms with Crippen LogP contribution in [0.4, 0.5) is 0 Å². The summed E-state index contributed by atoms with van der Waals surface area (Å²) in [6.45, 7) is 2.76. The molecule has 3 aromatic heterocycles. The molecule has 0 radical (unpaired) electrons. The predicted molar refractivity (Wildman–Crippen MR) is 117 cm³/mol. The fraction of sp³-hybridized carbons (Fsp3) is 0.130. The predicted octanol–water partition coefficient (Wildman–Crippen LogP) is 3.76. The minimum atomic E-state index is 0.393. The zero-order chi connectivity index (χ0) is 21.0. The van der Waals surface area contributed by atoms with Crippen molar-refractivity contribution < 1.29 is 4.84 Å². The maximum atomic E-state index is 5.47. The van der Waals surface area contributed by atoms with Crippen LogP contribution in [0.15, 0.2) is 78.2 Å². The highest BCUT2D eigenvalue weighted by molar-refractivity contribution is 5.97. The number of aromatic nitrogens is 6. The average Bonchev–Trinajstić information content (AvgIpc) is 3.21. The quantitative estimate of drug-likeness (QED) is 0.313. The van der Waals surface area contributed by atoms with Gasteiger partial charge in [0.1, 0.15) is 18.0 Å². The first-order valence-electron chi connectivity index (χ1n) is 9.87. The van der Waals surface area contributed by atoms with E-state index in [1.807, 2.05) is 61.5 Å². The van der Waals surface area contributed by atoms with Gasteiger partial charge in [-0.1, -0.05) is 52.8 Å². The first kappa shape index (κ1) is 18.8. The van der Waals surface area contributed by atoms with Crippen molar-refractivity contribution in [3.63, 3.8) is 0 Å². The fourth-order valence-electron chi connectivity index (χ4n) is 3.26. The number of hydrogen-bond donors (Lipinski definition) is 0. The Morgan fingerprint density at radius 1 is 1.00 bits per heavy atom. The fourth-order valence-corrected chi connectivity index (χ4v) is 3.26. The molecule has 152 valence electrons. The maximum absolute atomic E-state index is 5.47. The van der Waals surface area contributed by atoms with Crippen molar-refractivity contribution in [3.8, 4) is 0 Å². The van der Waals surface area contributed by atoms with Crippen LogP contribution in [0.5, 0.6) is 0 Å². The van der Waals surface area contributed by atoms with Gasteiger partial charge >= 0.3 is 0 Å². The van der Waals surface area contributed by atoms with Crippen molar-refractivity contribution in [3.05, 3.63) is 89.9 Å². The molecule has 8 nitrogen and oxygen atoms in total. The lowest BCUT2D eigenvalue weighted by molar-refractivity contribution is 0.130. The summed E-state index contributed by atoms with van der Waals surface area (Å²) in [7, 11) is 0. The molecular weight excluding hydrogens is 390 g/mol. The van der Waals surface area contributed by atoms with Crippen LogP contribution in [-0.2, 0) is 18.0 Å². The highest BCUT2D eigenvalue weighted by atomic mass is 16.6. The molecule has 0 fully saturated rings. The lowest BCUT2D eigenvalue weighted by Gasteiger charge is -2.05. The topological polar surface area (TPSA) is 91.0 Å². The molecule has 5 aromatic rings. The maximum Gasteiger partial charge on any atom is 0.221 e. The van der Waals surface area contributed by atoms with E-state index in [2.05, 4.69) is 36.5 Å². The Kier molecular flexibility index (Phi) is 5.02. The van der Waals surface area contributed by atoms with Crippen LogP contribution < -0.4 is 0 Å². The van der Waals surface area contributed by atoms with Crippen LogP contribution in [0.3, 0.4) is 0 Å². The summed E-state index contributed by atoms with van der Waals surface area (Å²) >= 11 is 0. The first-order chi connectivity index (χ1) is 15.3. The molecule has 0 saturated carbocycles. The monoisotopic (exact) mass is 409 g/mol. The van der Waals surface area contributed by atoms with Gasteiger partial charge in [-0.2, -0.15) is 0 Å². The SMILES string of the molecule is CC(=NOCc1ccccc1)c1cnc2nnn(Cc3ccc4ncccc4c3)c2n1. The molecule has 0 spiro atoms. The molecule has 0 aliphatic carbocycles. The van der Waals surface area contributed by atoms with Gasteiger partial charge in [0.05, 0.1) is 18.3 Å². The number of fused-ring (bicyclic) bond motifs is 2. The molecule has 0 bridgehead atoms. The number of pyridine rings is 1. The van der Waals surface area contributed by atoms with Gasteiger partial charge in [0.2, 0.25) is 5.65 Å². The van der Waals surface area contributed by atoms with Crippen molar-refractivity contribution in [2.75, 3.05) is 0 Å². The van der Waals surface area contributed by atoms with E-state index in [1.54, 1.807) is 17.1 Å². The van der Waals surface area contributed by atoms with E-state index in [-0.39, 0.29) is 0 Å². The minimum absolute atomic E-state index is 0.393. The van der Waals surface area contributed by atoms with Crippen LogP contribution >= 0.6 is 0 Å². The molecule has 0 unspecified atom stereocenters. The summed E-state index contributed by atoms with van der Waals surface area (Å²) in [5.74, 6) is 0. The third-order valence-corrected chi connectivity index (χ3v) is 4.87. The van der Waals surface area contributed by atoms with E-state index in [0.717, 1.165) is 22.0 Å². The Morgan fingerprint density at radius 2 is 1.90 bits per heavy atom. The number of nitrogens with zero attached hydrogens (tertiary/aromatic N) is 7. The van der Waals surface area contributed by atoms with Crippen LogP contribution in [0.1, 0.15) is 23.7 Å². The van der Waals surface area contributed by atoms with Crippen LogP contribution in [0, 0.1) is 0 Å². The molecular formula is C23H19N7O. The Morgan fingerprint density at radius 3 is 2.81 bits per heavy atom. The standard InChI is InChI=1S/C23H19N7O/c1-16(28-31-15-17-6-3-2-4-7-17)21-13-25-22-23(26-21)30(29-27-22)14-18-9-10-20-19(12-18)8-5-11-24-20/h2-13H,14-15H2,1H3. The van der Waals surface area contributed by atoms with Gasteiger partial charge in [-0.3, -0.25) is 4.98 Å². The van der Waals surface area contributed by atoms with Gasteiger partial charge in [0.15, 0.2) is 5.65 Å². The molecule has 8 heteroatoms. The highest BCUT2D eigenvalue weighted by Gasteiger charge is 2.11. The Labute approximate surface area is 178 Å². The molecule has 0 saturated heterocycles. The van der Waals surface area contributed by atoms with E-state index in [9.17, 15) is 0 Å². The lowest BCUT2D eigenvalue weighted by atomic mass is 10.1. The molecule has 0 amide bonds. The molecule has 0 aliphatic heterocycles. The van der Waals surface area contributed by atoms with E-state index < -0.39 is 0 Å². The minimum Gasteiger partial charge on any atom is -0.391 e. The second kappa shape index (κ2) is 8.27. The Hall–Kier alpha value is -4.20.